The van der Waals surface area contributed by atoms with Crippen LogP contribution in [0.4, 0.5) is 8.78 Å². The van der Waals surface area contributed by atoms with Crippen LogP contribution in [0.1, 0.15) is 31.4 Å². The van der Waals surface area contributed by atoms with Crippen LogP contribution in [0.15, 0.2) is 18.2 Å². The highest BCUT2D eigenvalue weighted by atomic mass is 19.2. The number of hydrogen-bond donors (Lipinski definition) is 1. The molecule has 0 radical (unpaired) electrons. The van der Waals surface area contributed by atoms with Crippen molar-refractivity contribution in [2.45, 2.75) is 25.8 Å². The minimum atomic E-state index is -0.824. The van der Waals surface area contributed by atoms with Gasteiger partial charge in [-0.15, -0.1) is 0 Å². The minimum absolute atomic E-state index is 0.272. The molecule has 1 aromatic carbocycles. The molecule has 100 valence electrons. The average molecular weight is 254 g/mol. The Morgan fingerprint density at radius 3 is 2.67 bits per heavy atom. The van der Waals surface area contributed by atoms with E-state index in [9.17, 15) is 8.78 Å². The van der Waals surface area contributed by atoms with E-state index in [1.54, 1.807) is 6.07 Å². The predicted molar refractivity (Wildman–Crippen MR) is 68.1 cm³/mol. The van der Waals surface area contributed by atoms with Gasteiger partial charge in [0.25, 0.3) is 0 Å². The quantitative estimate of drug-likeness (QED) is 0.898. The van der Waals surface area contributed by atoms with Gasteiger partial charge in [-0.1, -0.05) is 19.1 Å². The van der Waals surface area contributed by atoms with Crippen molar-refractivity contribution in [3.05, 3.63) is 35.4 Å². The van der Waals surface area contributed by atoms with Crippen molar-refractivity contribution in [1.82, 2.24) is 4.90 Å². The summed E-state index contributed by atoms with van der Waals surface area (Å²) >= 11 is 0. The first-order chi connectivity index (χ1) is 8.58. The highest BCUT2D eigenvalue weighted by Crippen LogP contribution is 2.21. The van der Waals surface area contributed by atoms with E-state index in [0.29, 0.717) is 6.54 Å². The fraction of sp³-hybridized carbons (Fsp3) is 0.571. The van der Waals surface area contributed by atoms with E-state index in [2.05, 4.69) is 11.8 Å². The van der Waals surface area contributed by atoms with Gasteiger partial charge in [0, 0.05) is 18.2 Å². The molecule has 18 heavy (non-hydrogen) atoms. The lowest BCUT2D eigenvalue weighted by Gasteiger charge is -2.32. The summed E-state index contributed by atoms with van der Waals surface area (Å²) in [6.07, 6.45) is 2.30. The lowest BCUT2D eigenvalue weighted by atomic mass is 9.98. The molecule has 0 aromatic heterocycles. The second kappa shape index (κ2) is 5.76. The van der Waals surface area contributed by atoms with Gasteiger partial charge in [0.2, 0.25) is 0 Å². The van der Waals surface area contributed by atoms with E-state index < -0.39 is 17.7 Å². The van der Waals surface area contributed by atoms with Crippen LogP contribution in [0.25, 0.3) is 0 Å². The number of halogens is 2. The molecule has 1 atom stereocenters. The van der Waals surface area contributed by atoms with Gasteiger partial charge in [-0.05, 0) is 37.9 Å². The molecule has 1 fully saturated rings. The third kappa shape index (κ3) is 3.06. The van der Waals surface area contributed by atoms with Crippen LogP contribution in [0.5, 0.6) is 0 Å². The molecule has 1 saturated heterocycles. The first-order valence-electron chi connectivity index (χ1n) is 6.49. The maximum Gasteiger partial charge on any atom is 0.163 e. The molecule has 1 aromatic rings. The molecule has 1 unspecified atom stereocenters. The van der Waals surface area contributed by atoms with E-state index >= 15 is 0 Å². The third-order valence-electron chi connectivity index (χ3n) is 3.71. The number of nitrogens with two attached hydrogens (primary N) is 1. The number of nitrogens with zero attached hydrogens (tertiary/aromatic N) is 1. The molecule has 1 heterocycles. The number of hydrogen-bond acceptors (Lipinski definition) is 2. The van der Waals surface area contributed by atoms with Gasteiger partial charge >= 0.3 is 0 Å². The Morgan fingerprint density at radius 1 is 1.33 bits per heavy atom. The predicted octanol–water partition coefficient (Wildman–Crippen LogP) is 2.70. The van der Waals surface area contributed by atoms with E-state index in [1.165, 1.54) is 6.07 Å². The van der Waals surface area contributed by atoms with Crippen molar-refractivity contribution in [2.75, 3.05) is 19.6 Å². The monoisotopic (exact) mass is 254 g/mol. The zero-order chi connectivity index (χ0) is 13.1. The molecule has 0 spiro atoms. The van der Waals surface area contributed by atoms with Crippen LogP contribution >= 0.6 is 0 Å². The van der Waals surface area contributed by atoms with Gasteiger partial charge in [0.05, 0.1) is 0 Å². The summed E-state index contributed by atoms with van der Waals surface area (Å²) in [7, 11) is 0. The third-order valence-corrected chi connectivity index (χ3v) is 3.71. The first-order valence-corrected chi connectivity index (χ1v) is 6.49. The van der Waals surface area contributed by atoms with Gasteiger partial charge in [-0.25, -0.2) is 8.78 Å². The van der Waals surface area contributed by atoms with Crippen molar-refractivity contribution in [2.24, 2.45) is 11.7 Å². The normalized spacial score (nSPS) is 20.0. The number of rotatable bonds is 3. The summed E-state index contributed by atoms with van der Waals surface area (Å²) in [6.45, 7) is 4.81. The van der Waals surface area contributed by atoms with Crippen molar-refractivity contribution in [3.8, 4) is 0 Å². The number of piperidine rings is 1. The Balaban J connectivity index is 1.99. The Morgan fingerprint density at radius 2 is 2.00 bits per heavy atom. The first kappa shape index (κ1) is 13.4. The van der Waals surface area contributed by atoms with E-state index in [4.69, 9.17) is 5.73 Å². The fourth-order valence-electron chi connectivity index (χ4n) is 2.43. The van der Waals surface area contributed by atoms with E-state index in [-0.39, 0.29) is 5.56 Å². The van der Waals surface area contributed by atoms with Crippen molar-refractivity contribution in [1.29, 1.82) is 0 Å². The highest BCUT2D eigenvalue weighted by molar-refractivity contribution is 5.22. The van der Waals surface area contributed by atoms with Crippen LogP contribution < -0.4 is 5.73 Å². The molecule has 0 aliphatic carbocycles. The molecule has 4 heteroatoms. The molecule has 1 aliphatic rings. The summed E-state index contributed by atoms with van der Waals surface area (Å²) in [6, 6.07) is 3.73. The van der Waals surface area contributed by atoms with Crippen LogP contribution in [0.3, 0.4) is 0 Å². The SMILES string of the molecule is CC1CCN(CC(N)c2cccc(F)c2F)CC1. The standard InChI is InChI=1S/C14H20F2N2/c1-10-5-7-18(8-6-10)9-13(17)11-3-2-4-12(15)14(11)16/h2-4,10,13H,5-9,17H2,1H3. The maximum absolute atomic E-state index is 13.6. The summed E-state index contributed by atoms with van der Waals surface area (Å²) in [4.78, 5) is 2.23. The van der Waals surface area contributed by atoms with Gasteiger partial charge in [0.15, 0.2) is 11.6 Å². The average Bonchev–Trinajstić information content (AvgIpc) is 2.35. The summed E-state index contributed by atoms with van der Waals surface area (Å²) < 4.78 is 26.7. The lowest BCUT2D eigenvalue weighted by Crippen LogP contribution is -2.38. The van der Waals surface area contributed by atoms with Crippen LogP contribution in [0.2, 0.25) is 0 Å². The molecule has 1 aliphatic heterocycles. The zero-order valence-electron chi connectivity index (χ0n) is 10.7. The van der Waals surface area contributed by atoms with Crippen LogP contribution in [-0.4, -0.2) is 24.5 Å². The Kier molecular flexibility index (Phi) is 4.30. The topological polar surface area (TPSA) is 29.3 Å². The smallest absolute Gasteiger partial charge is 0.163 e. The Hall–Kier alpha value is -1.00. The Labute approximate surface area is 107 Å². The van der Waals surface area contributed by atoms with Gasteiger partial charge in [-0.3, -0.25) is 0 Å². The number of likely N-dealkylation sites (tertiary alicyclic amines) is 1. The Bertz CT molecular complexity index is 401. The lowest BCUT2D eigenvalue weighted by molar-refractivity contribution is 0.182. The van der Waals surface area contributed by atoms with E-state index in [0.717, 1.165) is 37.9 Å². The van der Waals surface area contributed by atoms with Crippen LogP contribution in [-0.2, 0) is 0 Å². The van der Waals surface area contributed by atoms with Crippen molar-refractivity contribution < 1.29 is 8.78 Å². The van der Waals surface area contributed by atoms with Gasteiger partial charge in [0.1, 0.15) is 0 Å². The molecule has 0 saturated carbocycles. The van der Waals surface area contributed by atoms with Crippen molar-refractivity contribution >= 4 is 0 Å². The largest absolute Gasteiger partial charge is 0.323 e. The zero-order valence-corrected chi connectivity index (χ0v) is 10.7. The molecule has 2 rings (SSSR count). The maximum atomic E-state index is 13.6. The molecular formula is C14H20F2N2. The van der Waals surface area contributed by atoms with Crippen LogP contribution in [0, 0.1) is 17.6 Å². The van der Waals surface area contributed by atoms with Crippen molar-refractivity contribution in [3.63, 3.8) is 0 Å². The molecule has 0 bridgehead atoms. The molecular weight excluding hydrogens is 234 g/mol. The second-order valence-corrected chi connectivity index (χ2v) is 5.23. The van der Waals surface area contributed by atoms with Gasteiger partial charge in [-0.2, -0.15) is 0 Å². The molecule has 0 amide bonds. The van der Waals surface area contributed by atoms with E-state index in [1.807, 2.05) is 0 Å². The highest BCUT2D eigenvalue weighted by Gasteiger charge is 2.20. The molecule has 2 nitrogen and oxygen atoms in total. The number of benzene rings is 1. The molecule has 2 N–H and O–H groups in total. The summed E-state index contributed by atoms with van der Waals surface area (Å²) in [5.41, 5.74) is 6.25. The second-order valence-electron chi connectivity index (χ2n) is 5.23. The fourth-order valence-corrected chi connectivity index (χ4v) is 2.43. The van der Waals surface area contributed by atoms with Gasteiger partial charge < -0.3 is 10.6 Å². The minimum Gasteiger partial charge on any atom is -0.323 e. The summed E-state index contributed by atoms with van der Waals surface area (Å²) in [5, 5.41) is 0. The summed E-state index contributed by atoms with van der Waals surface area (Å²) in [5.74, 6) is -0.881.